The van der Waals surface area contributed by atoms with Gasteiger partial charge < -0.3 is 9.52 Å². The van der Waals surface area contributed by atoms with Crippen LogP contribution in [0.5, 0.6) is 5.75 Å². The van der Waals surface area contributed by atoms with E-state index in [-0.39, 0.29) is 10.8 Å². The fraction of sp³-hybridized carbons (Fsp3) is 0.0909. The summed E-state index contributed by atoms with van der Waals surface area (Å²) < 4.78 is 6.66. The van der Waals surface area contributed by atoms with E-state index in [1.54, 1.807) is 18.3 Å². The van der Waals surface area contributed by atoms with Gasteiger partial charge in [-0.1, -0.05) is 46.6 Å². The van der Waals surface area contributed by atoms with Crippen LogP contribution in [0.4, 0.5) is 5.69 Å². The third-order valence-corrected chi connectivity index (χ3v) is 5.11. The second-order valence-electron chi connectivity index (χ2n) is 6.31. The minimum atomic E-state index is -0.00421. The SMILES string of the molecule is CCc1ccc2oc(-c3cccc(N=Cc4cc(Br)cc(Cl)c4O)c3)nc2c1. The number of halogens is 2. The van der Waals surface area contributed by atoms with Gasteiger partial charge in [0.05, 0.1) is 10.7 Å². The van der Waals surface area contributed by atoms with E-state index in [4.69, 9.17) is 16.0 Å². The summed E-state index contributed by atoms with van der Waals surface area (Å²) in [6.45, 7) is 2.11. The molecule has 4 rings (SSSR count). The van der Waals surface area contributed by atoms with Gasteiger partial charge in [-0.3, -0.25) is 4.99 Å². The molecule has 4 aromatic rings. The number of hydrogen-bond acceptors (Lipinski definition) is 4. The van der Waals surface area contributed by atoms with E-state index in [9.17, 15) is 5.11 Å². The summed E-state index contributed by atoms with van der Waals surface area (Å²) in [5.41, 5.74) is 4.90. The van der Waals surface area contributed by atoms with Gasteiger partial charge >= 0.3 is 0 Å². The van der Waals surface area contributed by atoms with Crippen LogP contribution in [0, 0.1) is 0 Å². The van der Waals surface area contributed by atoms with E-state index < -0.39 is 0 Å². The molecule has 0 aliphatic rings. The molecule has 0 amide bonds. The number of hydrogen-bond donors (Lipinski definition) is 1. The molecule has 0 bridgehead atoms. The summed E-state index contributed by atoms with van der Waals surface area (Å²) in [6.07, 6.45) is 2.53. The number of phenols is 1. The standard InChI is InChI=1S/C22H16BrClN2O2/c1-2-13-6-7-20-19(8-13)26-22(28-20)14-4-3-5-17(10-14)25-12-15-9-16(23)11-18(24)21(15)27/h3-12,27H,2H2,1H3. The Labute approximate surface area is 175 Å². The Hall–Kier alpha value is -2.63. The highest BCUT2D eigenvalue weighted by molar-refractivity contribution is 9.10. The molecule has 140 valence electrons. The highest BCUT2D eigenvalue weighted by atomic mass is 79.9. The number of benzene rings is 3. The molecule has 0 fully saturated rings. The number of aromatic hydroxyl groups is 1. The number of fused-ring (bicyclic) bond motifs is 1. The first-order valence-electron chi connectivity index (χ1n) is 8.75. The number of phenolic OH excluding ortho intramolecular Hbond substituents is 1. The summed E-state index contributed by atoms with van der Waals surface area (Å²) in [4.78, 5) is 9.06. The van der Waals surface area contributed by atoms with Crippen molar-refractivity contribution in [2.45, 2.75) is 13.3 Å². The Morgan fingerprint density at radius 1 is 1.18 bits per heavy atom. The van der Waals surface area contributed by atoms with Crippen LogP contribution in [-0.2, 0) is 6.42 Å². The zero-order valence-corrected chi connectivity index (χ0v) is 17.3. The first-order valence-corrected chi connectivity index (χ1v) is 9.92. The number of aryl methyl sites for hydroxylation is 1. The van der Waals surface area contributed by atoms with Gasteiger partial charge in [0.25, 0.3) is 0 Å². The van der Waals surface area contributed by atoms with E-state index in [1.807, 2.05) is 42.5 Å². The molecule has 28 heavy (non-hydrogen) atoms. The maximum absolute atomic E-state index is 10.1. The average molecular weight is 456 g/mol. The third kappa shape index (κ3) is 3.81. The molecule has 0 saturated carbocycles. The number of aliphatic imine (C=N–C) groups is 1. The Balaban J connectivity index is 1.67. The molecule has 0 unspecified atom stereocenters. The molecule has 0 spiro atoms. The van der Waals surface area contributed by atoms with Crippen molar-refractivity contribution in [3.63, 3.8) is 0 Å². The fourth-order valence-corrected chi connectivity index (χ4v) is 3.70. The van der Waals surface area contributed by atoms with Gasteiger partial charge in [-0.05, 0) is 54.4 Å². The van der Waals surface area contributed by atoms with E-state index in [2.05, 4.69) is 32.8 Å². The molecule has 0 atom stereocenters. The van der Waals surface area contributed by atoms with Crippen molar-refractivity contribution in [3.05, 3.63) is 75.2 Å². The smallest absolute Gasteiger partial charge is 0.227 e. The van der Waals surface area contributed by atoms with Crippen LogP contribution in [0.25, 0.3) is 22.6 Å². The van der Waals surface area contributed by atoms with Crippen LogP contribution in [0.15, 0.2) is 68.5 Å². The van der Waals surface area contributed by atoms with Crippen molar-refractivity contribution in [2.24, 2.45) is 4.99 Å². The first kappa shape index (κ1) is 18.7. The van der Waals surface area contributed by atoms with Gasteiger partial charge in [0.15, 0.2) is 5.58 Å². The quantitative estimate of drug-likeness (QED) is 0.339. The van der Waals surface area contributed by atoms with Crippen molar-refractivity contribution in [2.75, 3.05) is 0 Å². The van der Waals surface area contributed by atoms with Gasteiger partial charge in [0.2, 0.25) is 5.89 Å². The molecular formula is C22H16BrClN2O2. The maximum Gasteiger partial charge on any atom is 0.227 e. The van der Waals surface area contributed by atoms with Crippen LogP contribution >= 0.6 is 27.5 Å². The highest BCUT2D eigenvalue weighted by Crippen LogP contribution is 2.31. The molecule has 1 N–H and O–H groups in total. The fourth-order valence-electron chi connectivity index (χ4n) is 2.86. The zero-order chi connectivity index (χ0) is 19.7. The van der Waals surface area contributed by atoms with Crippen LogP contribution in [0.1, 0.15) is 18.1 Å². The lowest BCUT2D eigenvalue weighted by Crippen LogP contribution is -1.84. The van der Waals surface area contributed by atoms with E-state index in [1.165, 1.54) is 5.56 Å². The number of rotatable bonds is 4. The summed E-state index contributed by atoms with van der Waals surface area (Å²) in [5.74, 6) is 0.545. The topological polar surface area (TPSA) is 58.6 Å². The van der Waals surface area contributed by atoms with Crippen molar-refractivity contribution in [1.82, 2.24) is 4.98 Å². The normalized spacial score (nSPS) is 11.5. The minimum absolute atomic E-state index is 0.00421. The predicted molar refractivity (Wildman–Crippen MR) is 117 cm³/mol. The van der Waals surface area contributed by atoms with Crippen LogP contribution in [0.2, 0.25) is 5.02 Å². The average Bonchev–Trinajstić information content (AvgIpc) is 3.13. The lowest BCUT2D eigenvalue weighted by atomic mass is 10.1. The van der Waals surface area contributed by atoms with Gasteiger partial charge in [-0.25, -0.2) is 4.98 Å². The van der Waals surface area contributed by atoms with Crippen molar-refractivity contribution < 1.29 is 9.52 Å². The molecular weight excluding hydrogens is 440 g/mol. The van der Waals surface area contributed by atoms with Gasteiger partial charge in [-0.15, -0.1) is 0 Å². The van der Waals surface area contributed by atoms with Crippen LogP contribution in [-0.4, -0.2) is 16.3 Å². The van der Waals surface area contributed by atoms with Crippen LogP contribution < -0.4 is 0 Å². The summed E-state index contributed by atoms with van der Waals surface area (Å²) in [7, 11) is 0. The largest absolute Gasteiger partial charge is 0.506 e. The minimum Gasteiger partial charge on any atom is -0.506 e. The zero-order valence-electron chi connectivity index (χ0n) is 15.0. The Morgan fingerprint density at radius 3 is 2.86 bits per heavy atom. The molecule has 6 heteroatoms. The molecule has 0 aliphatic heterocycles. The van der Waals surface area contributed by atoms with Crippen molar-refractivity contribution >= 4 is 50.5 Å². The lowest BCUT2D eigenvalue weighted by Gasteiger charge is -2.03. The summed E-state index contributed by atoms with van der Waals surface area (Å²) >= 11 is 9.37. The van der Waals surface area contributed by atoms with Crippen molar-refractivity contribution in [1.29, 1.82) is 0 Å². The van der Waals surface area contributed by atoms with Gasteiger partial charge in [0.1, 0.15) is 11.3 Å². The molecule has 1 aromatic heterocycles. The number of nitrogens with zero attached hydrogens (tertiary/aromatic N) is 2. The predicted octanol–water partition coefficient (Wildman–Crippen LogP) is 6.93. The lowest BCUT2D eigenvalue weighted by molar-refractivity contribution is 0.474. The van der Waals surface area contributed by atoms with E-state index in [0.717, 1.165) is 27.6 Å². The van der Waals surface area contributed by atoms with Crippen molar-refractivity contribution in [3.8, 4) is 17.2 Å². The third-order valence-electron chi connectivity index (χ3n) is 4.36. The Morgan fingerprint density at radius 2 is 2.04 bits per heavy atom. The highest BCUT2D eigenvalue weighted by Gasteiger charge is 2.10. The molecule has 3 aromatic carbocycles. The molecule has 0 aliphatic carbocycles. The van der Waals surface area contributed by atoms with E-state index in [0.29, 0.717) is 17.1 Å². The second kappa shape index (κ2) is 7.78. The molecule has 4 nitrogen and oxygen atoms in total. The monoisotopic (exact) mass is 454 g/mol. The van der Waals surface area contributed by atoms with Crippen LogP contribution in [0.3, 0.4) is 0 Å². The number of oxazole rings is 1. The molecule has 0 saturated heterocycles. The number of aromatic nitrogens is 1. The second-order valence-corrected chi connectivity index (χ2v) is 7.63. The van der Waals surface area contributed by atoms with Gasteiger partial charge in [-0.2, -0.15) is 0 Å². The first-order chi connectivity index (χ1) is 13.5. The van der Waals surface area contributed by atoms with E-state index >= 15 is 0 Å². The Kier molecular flexibility index (Phi) is 5.20. The molecule has 1 heterocycles. The van der Waals surface area contributed by atoms with Gasteiger partial charge in [0, 0.05) is 21.8 Å². The molecule has 0 radical (unpaired) electrons. The Bertz CT molecular complexity index is 1200. The maximum atomic E-state index is 10.1. The summed E-state index contributed by atoms with van der Waals surface area (Å²) in [6, 6.07) is 17.0. The summed E-state index contributed by atoms with van der Waals surface area (Å²) in [5, 5.41) is 10.4.